The molecule has 0 radical (unpaired) electrons. The van der Waals surface area contributed by atoms with E-state index in [1.165, 1.54) is 4.88 Å². The number of thiophene rings is 1. The minimum Gasteiger partial charge on any atom is -0.493 e. The van der Waals surface area contributed by atoms with Gasteiger partial charge in [0.05, 0.1) is 17.1 Å². The van der Waals surface area contributed by atoms with Crippen LogP contribution in [0.15, 0.2) is 36.7 Å². The second-order valence-electron chi connectivity index (χ2n) is 7.91. The number of ether oxygens (including phenoxy) is 2. The van der Waals surface area contributed by atoms with Crippen LogP contribution in [0.5, 0.6) is 5.75 Å². The van der Waals surface area contributed by atoms with Crippen LogP contribution in [0.1, 0.15) is 46.7 Å². The van der Waals surface area contributed by atoms with E-state index in [9.17, 15) is 4.79 Å². The maximum absolute atomic E-state index is 12.7. The highest BCUT2D eigenvalue weighted by Gasteiger charge is 2.41. The van der Waals surface area contributed by atoms with Crippen molar-refractivity contribution in [2.45, 2.75) is 44.6 Å². The summed E-state index contributed by atoms with van der Waals surface area (Å²) in [5.74, 6) is 1.68. The number of carbonyl (C=O) groups is 1. The average molecular weight is 401 g/mol. The Bertz CT molecular complexity index is 784. The van der Waals surface area contributed by atoms with Gasteiger partial charge in [-0.05, 0) is 69.2 Å². The van der Waals surface area contributed by atoms with E-state index < -0.39 is 0 Å². The largest absolute Gasteiger partial charge is 0.493 e. The summed E-state index contributed by atoms with van der Waals surface area (Å²) >= 11 is 1.58. The molecule has 2 aromatic heterocycles. The molecular weight excluding hydrogens is 372 g/mol. The van der Waals surface area contributed by atoms with Crippen molar-refractivity contribution in [1.82, 2.24) is 9.88 Å². The van der Waals surface area contributed by atoms with E-state index in [2.05, 4.69) is 4.98 Å². The Labute approximate surface area is 170 Å². The highest BCUT2D eigenvalue weighted by atomic mass is 32.1. The molecule has 5 nitrogen and oxygen atoms in total. The Balaban J connectivity index is 1.26. The number of rotatable bonds is 5. The van der Waals surface area contributed by atoms with Crippen LogP contribution in [-0.4, -0.2) is 47.7 Å². The number of amides is 1. The SMILES string of the molecule is Cc1ccc(C(=O)N2CCC3(CC2)CC(CCOc2ccncc2)CCO3)s1. The molecule has 1 atom stereocenters. The summed E-state index contributed by atoms with van der Waals surface area (Å²) in [5, 5.41) is 0. The van der Waals surface area contributed by atoms with Crippen molar-refractivity contribution in [1.29, 1.82) is 0 Å². The first-order valence-corrected chi connectivity index (χ1v) is 11.0. The van der Waals surface area contributed by atoms with Gasteiger partial charge in [-0.1, -0.05) is 0 Å². The Hall–Kier alpha value is -1.92. The van der Waals surface area contributed by atoms with E-state index in [1.807, 2.05) is 36.1 Å². The maximum atomic E-state index is 12.7. The van der Waals surface area contributed by atoms with Gasteiger partial charge in [0.1, 0.15) is 5.75 Å². The zero-order chi connectivity index (χ0) is 19.4. The van der Waals surface area contributed by atoms with Gasteiger partial charge in [0.2, 0.25) is 0 Å². The highest BCUT2D eigenvalue weighted by molar-refractivity contribution is 7.13. The molecule has 2 aromatic rings. The summed E-state index contributed by atoms with van der Waals surface area (Å²) in [6.45, 7) is 5.16. The molecule has 2 aliphatic rings. The summed E-state index contributed by atoms with van der Waals surface area (Å²) in [6.07, 6.45) is 8.60. The van der Waals surface area contributed by atoms with Gasteiger partial charge in [-0.2, -0.15) is 0 Å². The molecule has 0 bridgehead atoms. The summed E-state index contributed by atoms with van der Waals surface area (Å²) in [4.78, 5) is 20.7. The van der Waals surface area contributed by atoms with Crippen molar-refractivity contribution in [2.75, 3.05) is 26.3 Å². The molecule has 4 heterocycles. The summed E-state index contributed by atoms with van der Waals surface area (Å²) in [5.41, 5.74) is -0.0538. The molecule has 2 saturated heterocycles. The van der Waals surface area contributed by atoms with Crippen molar-refractivity contribution in [3.05, 3.63) is 46.4 Å². The van der Waals surface area contributed by atoms with Crippen LogP contribution in [0.2, 0.25) is 0 Å². The fourth-order valence-corrected chi connectivity index (χ4v) is 5.16. The third-order valence-corrected chi connectivity index (χ3v) is 6.94. The summed E-state index contributed by atoms with van der Waals surface area (Å²) in [7, 11) is 0. The van der Waals surface area contributed by atoms with Crippen molar-refractivity contribution < 1.29 is 14.3 Å². The number of aryl methyl sites for hydroxylation is 1. The van der Waals surface area contributed by atoms with Crippen molar-refractivity contribution in [3.8, 4) is 5.75 Å². The zero-order valence-electron chi connectivity index (χ0n) is 16.4. The maximum Gasteiger partial charge on any atom is 0.263 e. The smallest absolute Gasteiger partial charge is 0.263 e. The van der Waals surface area contributed by atoms with Crippen LogP contribution in [-0.2, 0) is 4.74 Å². The molecule has 2 aliphatic heterocycles. The van der Waals surface area contributed by atoms with E-state index in [0.717, 1.165) is 69.0 Å². The number of aromatic nitrogens is 1. The standard InChI is InChI=1S/C22H28N2O3S/c1-17-2-3-20(28-17)21(25)24-12-8-22(9-13-24)16-18(7-15-27-22)6-14-26-19-4-10-23-11-5-19/h2-5,10-11,18H,6-9,12-16H2,1H3. The predicted octanol–water partition coefficient (Wildman–Crippen LogP) is 4.32. The van der Waals surface area contributed by atoms with Crippen LogP contribution in [0.25, 0.3) is 0 Å². The van der Waals surface area contributed by atoms with Crippen LogP contribution in [0.4, 0.5) is 0 Å². The van der Waals surface area contributed by atoms with Gasteiger partial charge in [-0.25, -0.2) is 0 Å². The molecule has 0 saturated carbocycles. The minimum atomic E-state index is -0.0538. The van der Waals surface area contributed by atoms with Crippen molar-refractivity contribution >= 4 is 17.2 Å². The molecule has 0 aliphatic carbocycles. The number of hydrogen-bond donors (Lipinski definition) is 0. The Morgan fingerprint density at radius 3 is 2.79 bits per heavy atom. The van der Waals surface area contributed by atoms with Gasteiger partial charge in [0.15, 0.2) is 0 Å². The molecule has 2 fully saturated rings. The molecule has 28 heavy (non-hydrogen) atoms. The Morgan fingerprint density at radius 1 is 1.29 bits per heavy atom. The second-order valence-corrected chi connectivity index (χ2v) is 9.20. The van der Waals surface area contributed by atoms with E-state index in [-0.39, 0.29) is 11.5 Å². The number of pyridine rings is 1. The third-order valence-electron chi connectivity index (χ3n) is 5.95. The molecule has 6 heteroatoms. The second kappa shape index (κ2) is 8.62. The summed E-state index contributed by atoms with van der Waals surface area (Å²) < 4.78 is 12.1. The van der Waals surface area contributed by atoms with E-state index in [4.69, 9.17) is 9.47 Å². The predicted molar refractivity (Wildman–Crippen MR) is 110 cm³/mol. The molecule has 150 valence electrons. The van der Waals surface area contributed by atoms with Crippen molar-refractivity contribution in [3.63, 3.8) is 0 Å². The summed E-state index contributed by atoms with van der Waals surface area (Å²) in [6, 6.07) is 7.76. The Morgan fingerprint density at radius 2 is 2.07 bits per heavy atom. The molecule has 1 unspecified atom stereocenters. The number of likely N-dealkylation sites (tertiary alicyclic amines) is 1. The molecule has 1 spiro atoms. The molecule has 0 N–H and O–H groups in total. The van der Waals surface area contributed by atoms with Gasteiger partial charge in [0, 0.05) is 37.0 Å². The highest BCUT2D eigenvalue weighted by Crippen LogP contribution is 2.39. The lowest BCUT2D eigenvalue weighted by Gasteiger charge is -2.46. The van der Waals surface area contributed by atoms with E-state index >= 15 is 0 Å². The normalized spacial score (nSPS) is 21.6. The first-order chi connectivity index (χ1) is 13.6. The topological polar surface area (TPSA) is 51.7 Å². The zero-order valence-corrected chi connectivity index (χ0v) is 17.2. The van der Waals surface area contributed by atoms with Gasteiger partial charge in [-0.15, -0.1) is 11.3 Å². The first-order valence-electron chi connectivity index (χ1n) is 10.2. The molecule has 0 aromatic carbocycles. The number of hydrogen-bond acceptors (Lipinski definition) is 5. The van der Waals surface area contributed by atoms with E-state index in [0.29, 0.717) is 5.92 Å². The molecular formula is C22H28N2O3S. The monoisotopic (exact) mass is 400 g/mol. The van der Waals surface area contributed by atoms with Gasteiger partial charge in [-0.3, -0.25) is 9.78 Å². The van der Waals surface area contributed by atoms with Gasteiger partial charge < -0.3 is 14.4 Å². The fourth-order valence-electron chi connectivity index (χ4n) is 4.32. The quantitative estimate of drug-likeness (QED) is 0.750. The van der Waals surface area contributed by atoms with Crippen molar-refractivity contribution in [2.24, 2.45) is 5.92 Å². The molecule has 4 rings (SSSR count). The van der Waals surface area contributed by atoms with Crippen LogP contribution in [0.3, 0.4) is 0 Å². The number of piperidine rings is 1. The molecule has 1 amide bonds. The lowest BCUT2D eigenvalue weighted by Crippen LogP contribution is -2.50. The van der Waals surface area contributed by atoms with Gasteiger partial charge in [0.25, 0.3) is 5.91 Å². The van der Waals surface area contributed by atoms with Crippen LogP contribution in [0, 0.1) is 12.8 Å². The Kier molecular flexibility index (Phi) is 5.97. The fraction of sp³-hybridized carbons (Fsp3) is 0.545. The average Bonchev–Trinajstić information content (AvgIpc) is 3.15. The van der Waals surface area contributed by atoms with E-state index in [1.54, 1.807) is 23.7 Å². The minimum absolute atomic E-state index is 0.0538. The lowest BCUT2D eigenvalue weighted by atomic mass is 9.78. The van der Waals surface area contributed by atoms with Crippen LogP contribution < -0.4 is 4.74 Å². The number of carbonyl (C=O) groups excluding carboxylic acids is 1. The third kappa shape index (κ3) is 4.55. The van der Waals surface area contributed by atoms with Gasteiger partial charge >= 0.3 is 0 Å². The first kappa shape index (κ1) is 19.4. The lowest BCUT2D eigenvalue weighted by molar-refractivity contribution is -0.125. The van der Waals surface area contributed by atoms with Crippen LogP contribution >= 0.6 is 11.3 Å². The number of nitrogens with zero attached hydrogens (tertiary/aromatic N) is 2.